The van der Waals surface area contributed by atoms with Crippen LogP contribution >= 0.6 is 11.8 Å². The zero-order valence-electron chi connectivity index (χ0n) is 10.1. The summed E-state index contributed by atoms with van der Waals surface area (Å²) in [6.45, 7) is 0. The number of halogens is 3. The van der Waals surface area contributed by atoms with Crippen molar-refractivity contribution >= 4 is 17.5 Å². The van der Waals surface area contributed by atoms with Gasteiger partial charge >= 0.3 is 0 Å². The summed E-state index contributed by atoms with van der Waals surface area (Å²) in [5.41, 5.74) is -0.139. The number of rotatable bonds is 4. The van der Waals surface area contributed by atoms with Crippen LogP contribution in [0.3, 0.4) is 0 Å². The van der Waals surface area contributed by atoms with E-state index in [1.54, 1.807) is 0 Å². The van der Waals surface area contributed by atoms with Gasteiger partial charge in [0, 0.05) is 4.90 Å². The lowest BCUT2D eigenvalue weighted by Crippen LogP contribution is -2.03. The lowest BCUT2D eigenvalue weighted by Gasteiger charge is -2.04. The maximum atomic E-state index is 13.0. The van der Waals surface area contributed by atoms with Crippen molar-refractivity contribution in [2.75, 3.05) is 5.75 Å². The summed E-state index contributed by atoms with van der Waals surface area (Å²) in [4.78, 5) is 12.2. The molecular weight excluding hydrogens is 289 g/mol. The average molecular weight is 298 g/mol. The number of ketones is 1. The number of phenols is 1. The van der Waals surface area contributed by atoms with Crippen LogP contribution in [0.5, 0.6) is 5.75 Å². The molecule has 1 N–H and O–H groups in total. The Balaban J connectivity index is 2.08. The fourth-order valence-electron chi connectivity index (χ4n) is 1.52. The molecule has 6 heteroatoms. The normalized spacial score (nSPS) is 10.6. The summed E-state index contributed by atoms with van der Waals surface area (Å²) in [7, 11) is 0. The average Bonchev–Trinajstić information content (AvgIpc) is 2.42. The van der Waals surface area contributed by atoms with E-state index in [1.165, 1.54) is 6.07 Å². The number of benzene rings is 2. The minimum absolute atomic E-state index is 0.123. The molecule has 0 saturated heterocycles. The molecule has 2 aromatic carbocycles. The first-order chi connectivity index (χ1) is 9.47. The van der Waals surface area contributed by atoms with Crippen molar-refractivity contribution in [2.45, 2.75) is 4.90 Å². The van der Waals surface area contributed by atoms with Crippen LogP contribution in [-0.4, -0.2) is 16.6 Å². The van der Waals surface area contributed by atoms with Crippen molar-refractivity contribution in [1.82, 2.24) is 0 Å². The Labute approximate surface area is 117 Å². The molecule has 20 heavy (non-hydrogen) atoms. The minimum Gasteiger partial charge on any atom is -0.507 e. The third-order valence-electron chi connectivity index (χ3n) is 2.52. The number of hydrogen-bond acceptors (Lipinski definition) is 3. The maximum Gasteiger partial charge on any atom is 0.176 e. The molecule has 0 atom stereocenters. The molecule has 104 valence electrons. The largest absolute Gasteiger partial charge is 0.507 e. The van der Waals surface area contributed by atoms with Gasteiger partial charge in [0.15, 0.2) is 17.4 Å². The van der Waals surface area contributed by atoms with Crippen molar-refractivity contribution in [2.24, 2.45) is 0 Å². The Morgan fingerprint density at radius 1 is 1.05 bits per heavy atom. The Hall–Kier alpha value is -1.95. The van der Waals surface area contributed by atoms with Crippen LogP contribution in [0.15, 0.2) is 41.3 Å². The van der Waals surface area contributed by atoms with Crippen molar-refractivity contribution < 1.29 is 23.1 Å². The number of phenolic OH excluding ortho intramolecular Hbond substituents is 1. The second kappa shape index (κ2) is 6.00. The number of thioether (sulfide) groups is 1. The van der Waals surface area contributed by atoms with E-state index < -0.39 is 23.2 Å². The quantitative estimate of drug-likeness (QED) is 0.689. The number of carbonyl (C=O) groups excluding carboxylic acids is 1. The van der Waals surface area contributed by atoms with E-state index in [-0.39, 0.29) is 17.1 Å². The molecule has 2 nitrogen and oxygen atoms in total. The lowest BCUT2D eigenvalue weighted by atomic mass is 10.1. The zero-order valence-corrected chi connectivity index (χ0v) is 10.9. The van der Waals surface area contributed by atoms with E-state index in [1.807, 2.05) is 0 Å². The summed E-state index contributed by atoms with van der Waals surface area (Å²) in [6.07, 6.45) is 0. The zero-order chi connectivity index (χ0) is 14.7. The summed E-state index contributed by atoms with van der Waals surface area (Å²) >= 11 is 0.971. The first-order valence-electron chi connectivity index (χ1n) is 5.57. The highest BCUT2D eigenvalue weighted by Gasteiger charge is 2.13. The number of aromatic hydroxyl groups is 1. The summed E-state index contributed by atoms with van der Waals surface area (Å²) in [5, 5.41) is 9.48. The fraction of sp³-hybridized carbons (Fsp3) is 0.0714. The Morgan fingerprint density at radius 3 is 2.50 bits per heavy atom. The lowest BCUT2D eigenvalue weighted by molar-refractivity contribution is 0.101. The van der Waals surface area contributed by atoms with Crippen LogP contribution in [-0.2, 0) is 0 Å². The van der Waals surface area contributed by atoms with Crippen LogP contribution in [0.2, 0.25) is 0 Å². The maximum absolute atomic E-state index is 13.0. The third kappa shape index (κ3) is 3.33. The predicted molar refractivity (Wildman–Crippen MR) is 69.5 cm³/mol. The fourth-order valence-corrected chi connectivity index (χ4v) is 2.33. The van der Waals surface area contributed by atoms with Gasteiger partial charge in [0.1, 0.15) is 11.6 Å². The number of hydrogen-bond donors (Lipinski definition) is 1. The molecule has 0 heterocycles. The Kier molecular flexibility index (Phi) is 4.34. The SMILES string of the molecule is O=C(CSc1ccc(F)c(F)c1)c1cc(F)ccc1O. The van der Waals surface area contributed by atoms with Crippen LogP contribution in [0.25, 0.3) is 0 Å². The molecular formula is C14H9F3O2S. The predicted octanol–water partition coefficient (Wildman–Crippen LogP) is 3.78. The van der Waals surface area contributed by atoms with Crippen LogP contribution < -0.4 is 0 Å². The number of carbonyl (C=O) groups is 1. The van der Waals surface area contributed by atoms with Gasteiger partial charge in [0.05, 0.1) is 11.3 Å². The standard InChI is InChI=1S/C14H9F3O2S/c15-8-1-4-13(18)10(5-8)14(19)7-20-9-2-3-11(16)12(17)6-9/h1-6,18H,7H2. The molecule has 0 unspecified atom stereocenters. The van der Waals surface area contributed by atoms with E-state index in [4.69, 9.17) is 0 Å². The summed E-state index contributed by atoms with van der Waals surface area (Å²) < 4.78 is 38.7. The van der Waals surface area contributed by atoms with Crippen molar-refractivity contribution in [3.05, 3.63) is 59.4 Å². The van der Waals surface area contributed by atoms with E-state index in [9.17, 15) is 23.1 Å². The molecule has 2 rings (SSSR count). The first-order valence-corrected chi connectivity index (χ1v) is 6.55. The van der Waals surface area contributed by atoms with E-state index in [0.29, 0.717) is 4.90 Å². The summed E-state index contributed by atoms with van der Waals surface area (Å²) in [6, 6.07) is 6.32. The topological polar surface area (TPSA) is 37.3 Å². The molecule has 0 amide bonds. The molecule has 0 aliphatic rings. The highest BCUT2D eigenvalue weighted by molar-refractivity contribution is 8.00. The molecule has 0 aromatic heterocycles. The molecule has 0 saturated carbocycles. The summed E-state index contributed by atoms with van der Waals surface area (Å²) in [5.74, 6) is -3.55. The Bertz CT molecular complexity index is 659. The Morgan fingerprint density at radius 2 is 1.80 bits per heavy atom. The van der Waals surface area contributed by atoms with Gasteiger partial charge in [0.2, 0.25) is 0 Å². The van der Waals surface area contributed by atoms with Crippen molar-refractivity contribution in [3.8, 4) is 5.75 Å². The second-order valence-corrected chi connectivity index (χ2v) is 5.00. The van der Waals surface area contributed by atoms with Gasteiger partial charge in [-0.1, -0.05) is 0 Å². The van der Waals surface area contributed by atoms with Gasteiger partial charge < -0.3 is 5.11 Å². The van der Waals surface area contributed by atoms with E-state index in [2.05, 4.69) is 0 Å². The molecule has 0 fully saturated rings. The van der Waals surface area contributed by atoms with Gasteiger partial charge in [-0.2, -0.15) is 0 Å². The molecule has 0 aliphatic heterocycles. The second-order valence-electron chi connectivity index (χ2n) is 3.95. The number of Topliss-reactive ketones (excluding diaryl/α,β-unsaturated/α-hetero) is 1. The van der Waals surface area contributed by atoms with Crippen LogP contribution in [0, 0.1) is 17.5 Å². The van der Waals surface area contributed by atoms with Crippen molar-refractivity contribution in [3.63, 3.8) is 0 Å². The molecule has 0 bridgehead atoms. The van der Waals surface area contributed by atoms with Gasteiger partial charge in [0.25, 0.3) is 0 Å². The van der Waals surface area contributed by atoms with Gasteiger partial charge in [-0.25, -0.2) is 13.2 Å². The van der Waals surface area contributed by atoms with E-state index in [0.717, 1.165) is 42.1 Å². The molecule has 2 aromatic rings. The molecule has 0 spiro atoms. The monoisotopic (exact) mass is 298 g/mol. The molecule has 0 radical (unpaired) electrons. The van der Waals surface area contributed by atoms with Gasteiger partial charge in [-0.15, -0.1) is 11.8 Å². The van der Waals surface area contributed by atoms with Crippen molar-refractivity contribution in [1.29, 1.82) is 0 Å². The minimum atomic E-state index is -1.00. The van der Waals surface area contributed by atoms with E-state index >= 15 is 0 Å². The van der Waals surface area contributed by atoms with Gasteiger partial charge in [-0.3, -0.25) is 4.79 Å². The van der Waals surface area contributed by atoms with Crippen LogP contribution in [0.1, 0.15) is 10.4 Å². The first kappa shape index (κ1) is 14.5. The van der Waals surface area contributed by atoms with Crippen LogP contribution in [0.4, 0.5) is 13.2 Å². The highest BCUT2D eigenvalue weighted by atomic mass is 32.2. The van der Waals surface area contributed by atoms with Gasteiger partial charge in [-0.05, 0) is 36.4 Å². The smallest absolute Gasteiger partial charge is 0.176 e. The molecule has 0 aliphatic carbocycles. The third-order valence-corrected chi connectivity index (χ3v) is 3.51. The highest BCUT2D eigenvalue weighted by Crippen LogP contribution is 2.24.